The third-order valence-electron chi connectivity index (χ3n) is 3.16. The maximum atomic E-state index is 13.5. The van der Waals surface area contributed by atoms with Crippen molar-refractivity contribution in [2.75, 3.05) is 5.32 Å². The van der Waals surface area contributed by atoms with Gasteiger partial charge in [0.2, 0.25) is 0 Å². The van der Waals surface area contributed by atoms with E-state index in [4.69, 9.17) is 11.6 Å². The fourth-order valence-corrected chi connectivity index (χ4v) is 2.45. The van der Waals surface area contributed by atoms with Gasteiger partial charge in [0, 0.05) is 23.0 Å². The summed E-state index contributed by atoms with van der Waals surface area (Å²) in [4.78, 5) is 3.07. The molecule has 0 unspecified atom stereocenters. The van der Waals surface area contributed by atoms with Crippen LogP contribution < -0.4 is 5.32 Å². The lowest BCUT2D eigenvalue weighted by Gasteiger charge is -2.08. The van der Waals surface area contributed by atoms with Gasteiger partial charge < -0.3 is 10.3 Å². The number of aromatic amines is 1. The number of halogens is 4. The second kappa shape index (κ2) is 5.33. The van der Waals surface area contributed by atoms with Crippen LogP contribution in [0.25, 0.3) is 10.9 Å². The molecule has 3 rings (SSSR count). The molecule has 0 atom stereocenters. The third-order valence-corrected chi connectivity index (χ3v) is 3.59. The molecule has 1 aromatic heterocycles. The zero-order valence-electron chi connectivity index (χ0n) is 10.7. The summed E-state index contributed by atoms with van der Waals surface area (Å²) in [6, 6.07) is 8.64. The highest BCUT2D eigenvalue weighted by Gasteiger charge is 2.13. The lowest BCUT2D eigenvalue weighted by atomic mass is 10.2. The van der Waals surface area contributed by atoms with Crippen molar-refractivity contribution >= 4 is 28.2 Å². The zero-order chi connectivity index (χ0) is 15.0. The Labute approximate surface area is 123 Å². The van der Waals surface area contributed by atoms with Crippen LogP contribution in [0.15, 0.2) is 36.4 Å². The Morgan fingerprint density at radius 2 is 1.71 bits per heavy atom. The molecule has 108 valence electrons. The monoisotopic (exact) mass is 310 g/mol. The summed E-state index contributed by atoms with van der Waals surface area (Å²) >= 11 is 6.21. The number of rotatable bonds is 3. The Balaban J connectivity index is 1.89. The number of hydrogen-bond acceptors (Lipinski definition) is 1. The Morgan fingerprint density at radius 3 is 2.38 bits per heavy atom. The lowest BCUT2D eigenvalue weighted by Crippen LogP contribution is -2.05. The summed E-state index contributed by atoms with van der Waals surface area (Å²) in [7, 11) is 0. The van der Waals surface area contributed by atoms with Crippen molar-refractivity contribution in [1.82, 2.24) is 4.98 Å². The van der Waals surface area contributed by atoms with Crippen molar-refractivity contribution in [3.05, 3.63) is 64.6 Å². The molecule has 3 aromatic rings. The lowest BCUT2D eigenvalue weighted by molar-refractivity contribution is 0.547. The molecule has 0 fully saturated rings. The van der Waals surface area contributed by atoms with E-state index < -0.39 is 17.5 Å². The van der Waals surface area contributed by atoms with Gasteiger partial charge in [0.15, 0.2) is 11.6 Å². The van der Waals surface area contributed by atoms with Crippen molar-refractivity contribution in [2.24, 2.45) is 0 Å². The number of anilines is 1. The topological polar surface area (TPSA) is 27.8 Å². The van der Waals surface area contributed by atoms with E-state index in [-0.39, 0.29) is 12.2 Å². The number of hydrogen-bond donors (Lipinski definition) is 2. The largest absolute Gasteiger partial charge is 0.375 e. The van der Waals surface area contributed by atoms with E-state index in [2.05, 4.69) is 10.3 Å². The highest BCUT2D eigenvalue weighted by molar-refractivity contribution is 6.36. The summed E-state index contributed by atoms with van der Waals surface area (Å²) < 4.78 is 39.9. The smallest absolute Gasteiger partial charge is 0.152 e. The van der Waals surface area contributed by atoms with E-state index in [1.54, 1.807) is 0 Å². The molecule has 0 amide bonds. The predicted molar refractivity (Wildman–Crippen MR) is 77.0 cm³/mol. The number of H-pyrrole nitrogens is 1. The standard InChI is InChI=1S/C15H10ClF3N2/c16-14-9-3-1-2-4-12(9)21-13(14)7-20-15-10(18)5-8(17)6-11(15)19/h1-6,20-21H,7H2. The molecule has 0 aliphatic carbocycles. The maximum absolute atomic E-state index is 13.5. The molecular formula is C15H10ClF3N2. The molecule has 0 spiro atoms. The molecule has 0 radical (unpaired) electrons. The average molecular weight is 311 g/mol. The molecule has 1 heterocycles. The van der Waals surface area contributed by atoms with Crippen molar-refractivity contribution in [3.8, 4) is 0 Å². The predicted octanol–water partition coefficient (Wildman–Crippen LogP) is 4.85. The molecule has 0 saturated carbocycles. The molecule has 6 heteroatoms. The summed E-state index contributed by atoms with van der Waals surface area (Å²) in [5.41, 5.74) is 1.05. The number of aromatic nitrogens is 1. The molecule has 0 saturated heterocycles. The number of nitrogens with one attached hydrogen (secondary N) is 2. The first-order valence-electron chi connectivity index (χ1n) is 6.20. The van der Waals surface area contributed by atoms with Crippen LogP contribution >= 0.6 is 11.6 Å². The van der Waals surface area contributed by atoms with Gasteiger partial charge in [-0.05, 0) is 6.07 Å². The van der Waals surface area contributed by atoms with Gasteiger partial charge in [-0.15, -0.1) is 0 Å². The molecular weight excluding hydrogens is 301 g/mol. The molecule has 2 nitrogen and oxygen atoms in total. The number of benzene rings is 2. The van der Waals surface area contributed by atoms with Crippen LogP contribution in [0.3, 0.4) is 0 Å². The molecule has 0 aliphatic heterocycles. The normalized spacial score (nSPS) is 11.0. The van der Waals surface area contributed by atoms with Crippen LogP contribution in [0.1, 0.15) is 5.69 Å². The summed E-state index contributed by atoms with van der Waals surface area (Å²) in [5.74, 6) is -2.93. The second-order valence-electron chi connectivity index (χ2n) is 4.56. The van der Waals surface area contributed by atoms with Gasteiger partial charge in [0.25, 0.3) is 0 Å². The quantitative estimate of drug-likeness (QED) is 0.711. The van der Waals surface area contributed by atoms with Crippen molar-refractivity contribution in [3.63, 3.8) is 0 Å². The van der Waals surface area contributed by atoms with E-state index in [0.717, 1.165) is 10.9 Å². The van der Waals surface area contributed by atoms with E-state index >= 15 is 0 Å². The van der Waals surface area contributed by atoms with Crippen LogP contribution in [0.2, 0.25) is 5.02 Å². The summed E-state index contributed by atoms with van der Waals surface area (Å²) in [6.07, 6.45) is 0. The van der Waals surface area contributed by atoms with Gasteiger partial charge in [-0.1, -0.05) is 29.8 Å². The minimum Gasteiger partial charge on any atom is -0.375 e. The Morgan fingerprint density at radius 1 is 1.05 bits per heavy atom. The number of para-hydroxylation sites is 1. The van der Waals surface area contributed by atoms with Gasteiger partial charge in [0.05, 0.1) is 17.3 Å². The van der Waals surface area contributed by atoms with E-state index in [0.29, 0.717) is 22.8 Å². The van der Waals surface area contributed by atoms with Crippen LogP contribution in [-0.2, 0) is 6.54 Å². The first kappa shape index (κ1) is 13.8. The highest BCUT2D eigenvalue weighted by atomic mass is 35.5. The van der Waals surface area contributed by atoms with Gasteiger partial charge in [-0.3, -0.25) is 0 Å². The molecule has 0 aliphatic rings. The first-order chi connectivity index (χ1) is 10.1. The van der Waals surface area contributed by atoms with E-state index in [1.165, 1.54) is 0 Å². The average Bonchev–Trinajstić information content (AvgIpc) is 2.75. The minimum absolute atomic E-state index is 0.0903. The van der Waals surface area contributed by atoms with Crippen LogP contribution in [0.4, 0.5) is 18.9 Å². The van der Waals surface area contributed by atoms with Crippen LogP contribution in [0.5, 0.6) is 0 Å². The van der Waals surface area contributed by atoms with E-state index in [1.807, 2.05) is 24.3 Å². The molecule has 21 heavy (non-hydrogen) atoms. The van der Waals surface area contributed by atoms with Gasteiger partial charge >= 0.3 is 0 Å². The summed E-state index contributed by atoms with van der Waals surface area (Å²) in [6.45, 7) is 0.0903. The SMILES string of the molecule is Fc1cc(F)c(NCc2[nH]c3ccccc3c2Cl)c(F)c1. The number of fused-ring (bicyclic) bond motifs is 1. The maximum Gasteiger partial charge on any atom is 0.152 e. The van der Waals surface area contributed by atoms with E-state index in [9.17, 15) is 13.2 Å². The van der Waals surface area contributed by atoms with Crippen molar-refractivity contribution < 1.29 is 13.2 Å². The fourth-order valence-electron chi connectivity index (χ4n) is 2.17. The first-order valence-corrected chi connectivity index (χ1v) is 6.57. The molecule has 2 aromatic carbocycles. The summed E-state index contributed by atoms with van der Waals surface area (Å²) in [5, 5.41) is 3.91. The van der Waals surface area contributed by atoms with Crippen molar-refractivity contribution in [1.29, 1.82) is 0 Å². The van der Waals surface area contributed by atoms with Crippen molar-refractivity contribution in [2.45, 2.75) is 6.54 Å². The van der Waals surface area contributed by atoms with Crippen LogP contribution in [0, 0.1) is 17.5 Å². The zero-order valence-corrected chi connectivity index (χ0v) is 11.4. The molecule has 0 bridgehead atoms. The highest BCUT2D eigenvalue weighted by Crippen LogP contribution is 2.28. The minimum atomic E-state index is -0.986. The third kappa shape index (κ3) is 2.56. The molecule has 2 N–H and O–H groups in total. The van der Waals surface area contributed by atoms with Gasteiger partial charge in [-0.2, -0.15) is 0 Å². The second-order valence-corrected chi connectivity index (χ2v) is 4.94. The Kier molecular flexibility index (Phi) is 3.51. The fraction of sp³-hybridized carbons (Fsp3) is 0.0667. The Bertz CT molecular complexity index is 791. The van der Waals surface area contributed by atoms with Gasteiger partial charge in [-0.25, -0.2) is 13.2 Å². The van der Waals surface area contributed by atoms with Crippen LogP contribution in [-0.4, -0.2) is 4.98 Å². The Hall–Kier alpha value is -2.14. The van der Waals surface area contributed by atoms with Gasteiger partial charge in [0.1, 0.15) is 11.5 Å².